The summed E-state index contributed by atoms with van der Waals surface area (Å²) in [6.07, 6.45) is -0.743. The number of carbonyl (C=O) groups excluding carboxylic acids is 2. The second-order valence-electron chi connectivity index (χ2n) is 7.59. The second kappa shape index (κ2) is 9.22. The highest BCUT2D eigenvalue weighted by atomic mass is 16.5. The molecule has 31 heavy (non-hydrogen) atoms. The molecule has 7 heteroatoms. The summed E-state index contributed by atoms with van der Waals surface area (Å²) >= 11 is 0. The number of amides is 2. The van der Waals surface area contributed by atoms with Gasteiger partial charge >= 0.3 is 0 Å². The first-order chi connectivity index (χ1) is 15.1. The van der Waals surface area contributed by atoms with Gasteiger partial charge in [-0.15, -0.1) is 0 Å². The zero-order valence-electron chi connectivity index (χ0n) is 17.8. The van der Waals surface area contributed by atoms with Crippen molar-refractivity contribution in [2.45, 2.75) is 20.0 Å². The van der Waals surface area contributed by atoms with Crippen molar-refractivity contribution in [3.63, 3.8) is 0 Å². The number of anilines is 1. The molecule has 2 aromatic carbocycles. The average molecular weight is 421 g/mol. The van der Waals surface area contributed by atoms with Crippen LogP contribution in [0.1, 0.15) is 24.4 Å². The van der Waals surface area contributed by atoms with E-state index in [0.29, 0.717) is 35.5 Å². The number of furan rings is 1. The molecule has 1 aliphatic heterocycles. The predicted molar refractivity (Wildman–Crippen MR) is 119 cm³/mol. The van der Waals surface area contributed by atoms with Crippen LogP contribution in [0.15, 0.2) is 59.0 Å². The summed E-state index contributed by atoms with van der Waals surface area (Å²) in [5.74, 6) is 0.206. The van der Waals surface area contributed by atoms with Crippen molar-refractivity contribution in [3.8, 4) is 5.75 Å². The highest BCUT2D eigenvalue weighted by molar-refractivity contribution is 6.11. The van der Waals surface area contributed by atoms with E-state index in [1.807, 2.05) is 36.4 Å². The minimum Gasteiger partial charge on any atom is -0.481 e. The van der Waals surface area contributed by atoms with Gasteiger partial charge in [-0.3, -0.25) is 9.59 Å². The molecular weight excluding hydrogens is 394 g/mol. The van der Waals surface area contributed by atoms with Crippen LogP contribution in [0, 0.1) is 0 Å². The van der Waals surface area contributed by atoms with E-state index in [2.05, 4.69) is 17.1 Å². The maximum absolute atomic E-state index is 13.3. The van der Waals surface area contributed by atoms with Crippen LogP contribution in [0.5, 0.6) is 5.75 Å². The van der Waals surface area contributed by atoms with E-state index in [1.54, 1.807) is 30.0 Å². The van der Waals surface area contributed by atoms with Crippen molar-refractivity contribution in [3.05, 3.63) is 60.4 Å². The molecule has 1 fully saturated rings. The summed E-state index contributed by atoms with van der Waals surface area (Å²) in [5.41, 5.74) is 0.956. The molecule has 0 bridgehead atoms. The lowest BCUT2D eigenvalue weighted by molar-refractivity contribution is -0.122. The fourth-order valence-electron chi connectivity index (χ4n) is 3.71. The first-order valence-electron chi connectivity index (χ1n) is 10.6. The van der Waals surface area contributed by atoms with Crippen molar-refractivity contribution in [1.82, 2.24) is 9.80 Å². The first kappa shape index (κ1) is 20.9. The van der Waals surface area contributed by atoms with E-state index >= 15 is 0 Å². The number of nitrogens with one attached hydrogen (secondary N) is 1. The molecule has 162 valence electrons. The lowest BCUT2D eigenvalue weighted by atomic mass is 10.2. The molecule has 4 rings (SSSR count). The molecular formula is C24H27N3O4. The van der Waals surface area contributed by atoms with Crippen LogP contribution >= 0.6 is 0 Å². The fourth-order valence-corrected chi connectivity index (χ4v) is 3.71. The third-order valence-corrected chi connectivity index (χ3v) is 5.57. The molecule has 0 spiro atoms. The van der Waals surface area contributed by atoms with Gasteiger partial charge in [0.05, 0.1) is 0 Å². The Balaban J connectivity index is 1.56. The van der Waals surface area contributed by atoms with Gasteiger partial charge in [0.1, 0.15) is 17.0 Å². The van der Waals surface area contributed by atoms with Gasteiger partial charge in [-0.25, -0.2) is 0 Å². The highest BCUT2D eigenvalue weighted by Crippen LogP contribution is 2.32. The van der Waals surface area contributed by atoms with Gasteiger partial charge in [0.2, 0.25) is 5.76 Å². The fraction of sp³-hybridized carbons (Fsp3) is 0.333. The molecule has 7 nitrogen and oxygen atoms in total. The third-order valence-electron chi connectivity index (χ3n) is 5.57. The largest absolute Gasteiger partial charge is 0.481 e. The zero-order chi connectivity index (χ0) is 21.8. The molecule has 0 saturated carbocycles. The minimum atomic E-state index is -0.743. The number of hydrogen-bond acceptors (Lipinski definition) is 5. The highest BCUT2D eigenvalue weighted by Gasteiger charge is 2.29. The van der Waals surface area contributed by atoms with E-state index in [1.165, 1.54) is 0 Å². The average Bonchev–Trinajstić information content (AvgIpc) is 3.17. The van der Waals surface area contributed by atoms with Crippen LogP contribution in [-0.4, -0.2) is 60.4 Å². The summed E-state index contributed by atoms with van der Waals surface area (Å²) < 4.78 is 11.6. The van der Waals surface area contributed by atoms with E-state index < -0.39 is 6.10 Å². The molecule has 1 saturated heterocycles. The monoisotopic (exact) mass is 421 g/mol. The molecule has 1 atom stereocenters. The minimum absolute atomic E-state index is 0.159. The molecule has 0 aliphatic carbocycles. The number of piperazine rings is 1. The van der Waals surface area contributed by atoms with E-state index in [0.717, 1.165) is 19.6 Å². The molecule has 1 N–H and O–H groups in total. The lowest BCUT2D eigenvalue weighted by Crippen LogP contribution is -2.48. The summed E-state index contributed by atoms with van der Waals surface area (Å²) in [4.78, 5) is 30.2. The number of para-hydroxylation sites is 2. The van der Waals surface area contributed by atoms with Crippen LogP contribution < -0.4 is 10.1 Å². The molecule has 0 unspecified atom stereocenters. The van der Waals surface area contributed by atoms with Gasteiger partial charge in [-0.2, -0.15) is 0 Å². The number of nitrogens with zero attached hydrogens (tertiary/aromatic N) is 2. The summed E-state index contributed by atoms with van der Waals surface area (Å²) in [5, 5.41) is 3.57. The number of hydrogen-bond donors (Lipinski definition) is 1. The van der Waals surface area contributed by atoms with Gasteiger partial charge in [-0.05, 0) is 37.7 Å². The Morgan fingerprint density at radius 1 is 1.03 bits per heavy atom. The summed E-state index contributed by atoms with van der Waals surface area (Å²) in [6.45, 7) is 7.67. The molecule has 1 aliphatic rings. The normalized spacial score (nSPS) is 15.6. The van der Waals surface area contributed by atoms with Crippen molar-refractivity contribution in [1.29, 1.82) is 0 Å². The van der Waals surface area contributed by atoms with Crippen LogP contribution in [0.4, 0.5) is 5.69 Å². The van der Waals surface area contributed by atoms with Crippen molar-refractivity contribution >= 4 is 28.5 Å². The van der Waals surface area contributed by atoms with Crippen LogP contribution in [0.3, 0.4) is 0 Å². The van der Waals surface area contributed by atoms with E-state index in [9.17, 15) is 9.59 Å². The topological polar surface area (TPSA) is 75.0 Å². The van der Waals surface area contributed by atoms with Crippen molar-refractivity contribution < 1.29 is 18.7 Å². The van der Waals surface area contributed by atoms with Crippen molar-refractivity contribution in [2.24, 2.45) is 0 Å². The van der Waals surface area contributed by atoms with Crippen LogP contribution in [-0.2, 0) is 4.79 Å². The molecule has 1 aromatic heterocycles. The lowest BCUT2D eigenvalue weighted by Gasteiger charge is -2.33. The van der Waals surface area contributed by atoms with Crippen LogP contribution in [0.25, 0.3) is 11.0 Å². The molecule has 3 aromatic rings. The van der Waals surface area contributed by atoms with E-state index in [-0.39, 0.29) is 17.6 Å². The predicted octanol–water partition coefficient (Wildman–Crippen LogP) is 3.62. The Morgan fingerprint density at radius 3 is 2.42 bits per heavy atom. The number of likely N-dealkylation sites (N-methyl/N-ethyl adjacent to an activating group) is 1. The standard InChI is InChI=1S/C24H27N3O4/c1-3-26-13-15-27(16-14-26)24(29)22-21(19-11-7-8-12-20(19)31-22)25-23(28)17(2)30-18-9-5-4-6-10-18/h4-12,17H,3,13-16H2,1-2H3,(H,25,28)/t17-/m0/s1. The quantitative estimate of drug-likeness (QED) is 0.658. The zero-order valence-corrected chi connectivity index (χ0v) is 17.8. The maximum Gasteiger partial charge on any atom is 0.291 e. The van der Waals surface area contributed by atoms with Gasteiger partial charge in [-0.1, -0.05) is 37.3 Å². The maximum atomic E-state index is 13.3. The number of fused-ring (bicyclic) bond motifs is 1. The number of carbonyl (C=O) groups is 2. The Morgan fingerprint density at radius 2 is 1.71 bits per heavy atom. The van der Waals surface area contributed by atoms with Gasteiger partial charge < -0.3 is 24.3 Å². The Kier molecular flexibility index (Phi) is 6.23. The van der Waals surface area contributed by atoms with E-state index in [4.69, 9.17) is 9.15 Å². The van der Waals surface area contributed by atoms with Crippen LogP contribution in [0.2, 0.25) is 0 Å². The van der Waals surface area contributed by atoms with Crippen molar-refractivity contribution in [2.75, 3.05) is 38.0 Å². The van der Waals surface area contributed by atoms with Gasteiger partial charge in [0.25, 0.3) is 11.8 Å². The number of benzene rings is 2. The SMILES string of the molecule is CCN1CCN(C(=O)c2oc3ccccc3c2NC(=O)[C@H](C)Oc2ccccc2)CC1. The Bertz CT molecular complexity index is 1060. The smallest absolute Gasteiger partial charge is 0.291 e. The number of rotatable bonds is 6. The Hall–Kier alpha value is -3.32. The van der Waals surface area contributed by atoms with Gasteiger partial charge in [0.15, 0.2) is 6.10 Å². The second-order valence-corrected chi connectivity index (χ2v) is 7.59. The molecule has 2 heterocycles. The first-order valence-corrected chi connectivity index (χ1v) is 10.6. The number of ether oxygens (including phenoxy) is 1. The molecule has 0 radical (unpaired) electrons. The Labute approximate surface area is 181 Å². The van der Waals surface area contributed by atoms with Gasteiger partial charge in [0, 0.05) is 31.6 Å². The molecule has 2 amide bonds. The summed E-state index contributed by atoms with van der Waals surface area (Å²) in [6, 6.07) is 16.5. The summed E-state index contributed by atoms with van der Waals surface area (Å²) in [7, 11) is 0. The third kappa shape index (κ3) is 4.56.